The summed E-state index contributed by atoms with van der Waals surface area (Å²) in [5.74, 6) is 0.329. The van der Waals surface area contributed by atoms with Crippen molar-refractivity contribution in [3.63, 3.8) is 0 Å². The van der Waals surface area contributed by atoms with Gasteiger partial charge in [-0.2, -0.15) is 13.2 Å². The Morgan fingerprint density at radius 2 is 1.85 bits per heavy atom. The Hall–Kier alpha value is -1.96. The first kappa shape index (κ1) is 25.1. The molecule has 2 fully saturated rings. The second kappa shape index (κ2) is 9.59. The van der Waals surface area contributed by atoms with Crippen LogP contribution < -0.4 is 5.32 Å². The van der Waals surface area contributed by atoms with Crippen LogP contribution in [0.25, 0.3) is 0 Å². The number of carbonyl (C=O) groups excluding carboxylic acids is 2. The van der Waals surface area contributed by atoms with E-state index in [1.54, 1.807) is 7.05 Å². The number of pyridine rings is 1. The molecule has 2 aliphatic carbocycles. The number of carbonyl (C=O) groups is 2. The average Bonchev–Trinajstić information content (AvgIpc) is 3.29. The number of aromatic nitrogens is 1. The monoisotopic (exact) mass is 479 g/mol. The minimum absolute atomic E-state index is 0.0663. The molecule has 1 saturated heterocycles. The van der Waals surface area contributed by atoms with Gasteiger partial charge in [0, 0.05) is 42.2 Å². The van der Waals surface area contributed by atoms with Crippen LogP contribution in [0.2, 0.25) is 0 Å². The maximum atomic E-state index is 13.9. The van der Waals surface area contributed by atoms with Gasteiger partial charge in [-0.1, -0.05) is 13.8 Å². The van der Waals surface area contributed by atoms with Crippen molar-refractivity contribution >= 4 is 11.7 Å². The quantitative estimate of drug-likeness (QED) is 0.679. The summed E-state index contributed by atoms with van der Waals surface area (Å²) in [7, 11) is 1.68. The number of halogens is 3. The molecule has 34 heavy (non-hydrogen) atoms. The number of aryl methyl sites for hydroxylation is 1. The van der Waals surface area contributed by atoms with Gasteiger partial charge < -0.3 is 10.2 Å². The molecule has 0 spiro atoms. The van der Waals surface area contributed by atoms with E-state index in [2.05, 4.69) is 29.0 Å². The Morgan fingerprint density at radius 3 is 2.47 bits per heavy atom. The number of likely N-dealkylation sites (tertiary alicyclic amines) is 1. The van der Waals surface area contributed by atoms with Gasteiger partial charge in [-0.15, -0.1) is 0 Å². The molecule has 0 aromatic carbocycles. The number of hydrogen-bond donors (Lipinski definition) is 1. The summed E-state index contributed by atoms with van der Waals surface area (Å²) in [6, 6.07) is 1.52. The van der Waals surface area contributed by atoms with Gasteiger partial charge in [0.05, 0.1) is 5.56 Å². The third kappa shape index (κ3) is 4.75. The predicted octanol–water partition coefficient (Wildman–Crippen LogP) is 4.43. The molecule has 1 aromatic heterocycles. The van der Waals surface area contributed by atoms with Crippen LogP contribution >= 0.6 is 0 Å². The molecule has 1 aliphatic heterocycles. The van der Waals surface area contributed by atoms with E-state index in [4.69, 9.17) is 0 Å². The first-order chi connectivity index (χ1) is 16.0. The molecule has 5 nitrogen and oxygen atoms in total. The van der Waals surface area contributed by atoms with Crippen LogP contribution in [0.15, 0.2) is 12.3 Å². The van der Waals surface area contributed by atoms with Gasteiger partial charge in [0.25, 0.3) is 0 Å². The first-order valence-corrected chi connectivity index (χ1v) is 12.6. The topological polar surface area (TPSA) is 62.3 Å². The molecule has 0 bridgehead atoms. The lowest BCUT2D eigenvalue weighted by Gasteiger charge is -2.39. The maximum absolute atomic E-state index is 13.9. The Kier molecular flexibility index (Phi) is 7.09. The van der Waals surface area contributed by atoms with Crippen molar-refractivity contribution in [1.29, 1.82) is 0 Å². The number of alkyl halides is 3. The minimum Gasteiger partial charge on any atom is -0.359 e. The van der Waals surface area contributed by atoms with E-state index in [1.165, 1.54) is 6.07 Å². The Balaban J connectivity index is 1.46. The number of ketones is 1. The molecule has 188 valence electrons. The molecule has 1 amide bonds. The molecular formula is C26H36F3N3O2. The third-order valence-electron chi connectivity index (χ3n) is 8.74. The summed E-state index contributed by atoms with van der Waals surface area (Å²) in [4.78, 5) is 32.4. The van der Waals surface area contributed by atoms with Crippen molar-refractivity contribution in [1.82, 2.24) is 15.2 Å². The first-order valence-electron chi connectivity index (χ1n) is 12.6. The zero-order valence-corrected chi connectivity index (χ0v) is 20.4. The van der Waals surface area contributed by atoms with E-state index < -0.39 is 17.2 Å². The number of Topliss-reactive ketones (excluding diaryl/α,β-unsaturated/α-hetero) is 1. The lowest BCUT2D eigenvalue weighted by molar-refractivity contribution is -0.138. The highest BCUT2D eigenvalue weighted by Crippen LogP contribution is 2.50. The van der Waals surface area contributed by atoms with Gasteiger partial charge in [0.1, 0.15) is 5.78 Å². The number of hydrogen-bond acceptors (Lipinski definition) is 4. The minimum atomic E-state index is -4.43. The summed E-state index contributed by atoms with van der Waals surface area (Å²) in [5.41, 5.74) is 0.0987. The number of fused-ring (bicyclic) bond motifs is 1. The Bertz CT molecular complexity index is 924. The van der Waals surface area contributed by atoms with Gasteiger partial charge in [-0.3, -0.25) is 14.6 Å². The fourth-order valence-corrected chi connectivity index (χ4v) is 6.53. The number of nitrogens with zero attached hydrogens (tertiary/aromatic N) is 2. The van der Waals surface area contributed by atoms with Crippen molar-refractivity contribution in [2.45, 2.75) is 77.4 Å². The summed E-state index contributed by atoms with van der Waals surface area (Å²) in [5, 5.41) is 2.75. The summed E-state index contributed by atoms with van der Waals surface area (Å²) < 4.78 is 39.6. The summed E-state index contributed by atoms with van der Waals surface area (Å²) in [6.07, 6.45) is 2.30. The van der Waals surface area contributed by atoms with Crippen LogP contribution in [0.5, 0.6) is 0 Å². The van der Waals surface area contributed by atoms with E-state index in [-0.39, 0.29) is 29.4 Å². The van der Waals surface area contributed by atoms with Crippen molar-refractivity contribution in [2.24, 2.45) is 23.2 Å². The Labute approximate surface area is 199 Å². The number of nitrogens with one attached hydrogen (secondary N) is 1. The standard InChI is InChI=1S/C26H36F3N3O2/c1-16(2)25(9-6-21(14-25)32-10-7-17(8-11-32)24(34)30-3)23(33)18-4-5-22-19(12-18)13-20(15-31-22)26(27,28)29/h13,15-18,21H,4-12,14H2,1-3H3,(H,30,34)/t18?,21?,25-/m0/s1. The largest absolute Gasteiger partial charge is 0.417 e. The highest BCUT2D eigenvalue weighted by molar-refractivity contribution is 5.88. The predicted molar refractivity (Wildman–Crippen MR) is 123 cm³/mol. The van der Waals surface area contributed by atoms with Crippen LogP contribution in [-0.4, -0.2) is 47.8 Å². The normalized spacial score (nSPS) is 28.7. The molecule has 1 saturated carbocycles. The molecule has 2 heterocycles. The van der Waals surface area contributed by atoms with E-state index in [0.717, 1.165) is 51.4 Å². The van der Waals surface area contributed by atoms with Gasteiger partial charge >= 0.3 is 6.18 Å². The van der Waals surface area contributed by atoms with E-state index in [1.807, 2.05) is 0 Å². The zero-order chi connectivity index (χ0) is 24.7. The molecule has 3 atom stereocenters. The van der Waals surface area contributed by atoms with Gasteiger partial charge in [0.2, 0.25) is 5.91 Å². The molecule has 8 heteroatoms. The second-order valence-corrected chi connectivity index (χ2v) is 10.8. The highest BCUT2D eigenvalue weighted by Gasteiger charge is 2.51. The van der Waals surface area contributed by atoms with Gasteiger partial charge in [0.15, 0.2) is 0 Å². The fraction of sp³-hybridized carbons (Fsp3) is 0.731. The third-order valence-corrected chi connectivity index (χ3v) is 8.74. The van der Waals surface area contributed by atoms with Gasteiger partial charge in [-0.05, 0) is 82.0 Å². The molecule has 1 aromatic rings. The highest BCUT2D eigenvalue weighted by atomic mass is 19.4. The lowest BCUT2D eigenvalue weighted by atomic mass is 9.66. The molecule has 2 unspecified atom stereocenters. The maximum Gasteiger partial charge on any atom is 0.417 e. The van der Waals surface area contributed by atoms with E-state index >= 15 is 0 Å². The molecule has 3 aliphatic rings. The number of piperidine rings is 1. The van der Waals surface area contributed by atoms with Crippen molar-refractivity contribution in [2.75, 3.05) is 20.1 Å². The zero-order valence-electron chi connectivity index (χ0n) is 20.4. The molecule has 0 radical (unpaired) electrons. The van der Waals surface area contributed by atoms with Gasteiger partial charge in [-0.25, -0.2) is 0 Å². The number of amides is 1. The van der Waals surface area contributed by atoms with Crippen LogP contribution in [0.4, 0.5) is 13.2 Å². The van der Waals surface area contributed by atoms with Crippen molar-refractivity contribution < 1.29 is 22.8 Å². The van der Waals surface area contributed by atoms with Crippen LogP contribution in [0, 0.1) is 23.2 Å². The number of rotatable bonds is 5. The summed E-state index contributed by atoms with van der Waals surface area (Å²) >= 11 is 0. The van der Waals surface area contributed by atoms with Crippen LogP contribution in [0.3, 0.4) is 0 Å². The summed E-state index contributed by atoms with van der Waals surface area (Å²) in [6.45, 7) is 5.96. The SMILES string of the molecule is CNC(=O)C1CCN(C2CC[C@@](C(=O)C3CCc4ncc(C(F)(F)F)cc4C3)(C(C)C)C2)CC1. The fourth-order valence-electron chi connectivity index (χ4n) is 6.53. The molecular weight excluding hydrogens is 443 g/mol. The average molecular weight is 480 g/mol. The van der Waals surface area contributed by atoms with Crippen molar-refractivity contribution in [3.8, 4) is 0 Å². The van der Waals surface area contributed by atoms with Crippen LogP contribution in [0.1, 0.15) is 69.2 Å². The van der Waals surface area contributed by atoms with E-state index in [0.29, 0.717) is 36.6 Å². The molecule has 4 rings (SSSR count). The second-order valence-electron chi connectivity index (χ2n) is 10.8. The van der Waals surface area contributed by atoms with Crippen molar-refractivity contribution in [3.05, 3.63) is 29.1 Å². The smallest absolute Gasteiger partial charge is 0.359 e. The van der Waals surface area contributed by atoms with E-state index in [9.17, 15) is 22.8 Å². The van der Waals surface area contributed by atoms with Crippen LogP contribution in [-0.2, 0) is 28.6 Å². The molecule has 1 N–H and O–H groups in total. The lowest BCUT2D eigenvalue weighted by Crippen LogP contribution is -2.46. The Morgan fingerprint density at radius 1 is 1.15 bits per heavy atom.